The molecule has 2 aliphatic rings. The molecule has 0 amide bonds. The highest BCUT2D eigenvalue weighted by Crippen LogP contribution is 2.66. The average Bonchev–Trinajstić information content (AvgIpc) is 3.90. The quantitative estimate of drug-likeness (QED) is 0.171. The summed E-state index contributed by atoms with van der Waals surface area (Å²) in [5.74, 6) is 0. The third-order valence-corrected chi connectivity index (χ3v) is 15.3. The van der Waals surface area contributed by atoms with Gasteiger partial charge in [-0.2, -0.15) is 0 Å². The van der Waals surface area contributed by atoms with E-state index in [1.807, 2.05) is 0 Å². The van der Waals surface area contributed by atoms with Gasteiger partial charge < -0.3 is 14.4 Å². The van der Waals surface area contributed by atoms with Crippen LogP contribution in [-0.2, 0) is 10.8 Å². The van der Waals surface area contributed by atoms with Crippen molar-refractivity contribution in [3.8, 4) is 16.8 Å². The molecular formula is C67H49N3. The molecule has 0 unspecified atom stereocenters. The molecule has 1 aromatic heterocycles. The molecule has 1 aliphatic heterocycles. The third kappa shape index (κ3) is 5.69. The second-order valence-electron chi connectivity index (χ2n) is 20.1. The molecule has 2 heterocycles. The lowest BCUT2D eigenvalue weighted by Gasteiger charge is -2.45. The van der Waals surface area contributed by atoms with E-state index in [4.69, 9.17) is 0 Å². The van der Waals surface area contributed by atoms with Crippen molar-refractivity contribution in [2.75, 3.05) is 9.80 Å². The van der Waals surface area contributed by atoms with Crippen LogP contribution >= 0.6 is 0 Å². The highest BCUT2D eigenvalue weighted by atomic mass is 15.2. The van der Waals surface area contributed by atoms with E-state index in [9.17, 15) is 0 Å². The van der Waals surface area contributed by atoms with Crippen LogP contribution in [0.4, 0.5) is 34.1 Å². The number of nitrogens with zero attached hydrogens (tertiary/aromatic N) is 3. The van der Waals surface area contributed by atoms with Gasteiger partial charge in [0.05, 0.1) is 33.5 Å². The van der Waals surface area contributed by atoms with Crippen molar-refractivity contribution in [2.24, 2.45) is 0 Å². The maximum absolute atomic E-state index is 2.58. The Morgan fingerprint density at radius 3 is 1.61 bits per heavy atom. The number of para-hydroxylation sites is 5. The van der Waals surface area contributed by atoms with Gasteiger partial charge in [0.15, 0.2) is 0 Å². The smallest absolute Gasteiger partial charge is 0.0755 e. The predicted molar refractivity (Wildman–Crippen MR) is 295 cm³/mol. The molecule has 0 atom stereocenters. The lowest BCUT2D eigenvalue weighted by Crippen LogP contribution is -2.36. The van der Waals surface area contributed by atoms with E-state index in [0.29, 0.717) is 0 Å². The molecule has 0 N–H and O–H groups in total. The molecule has 11 aromatic carbocycles. The van der Waals surface area contributed by atoms with E-state index in [2.05, 4.69) is 278 Å². The fourth-order valence-electron chi connectivity index (χ4n) is 12.3. The minimum absolute atomic E-state index is 0.00185. The maximum atomic E-state index is 2.58. The number of fused-ring (bicyclic) bond motifs is 16. The van der Waals surface area contributed by atoms with Crippen LogP contribution in [0.3, 0.4) is 0 Å². The number of benzene rings is 11. The summed E-state index contributed by atoms with van der Waals surface area (Å²) in [7, 11) is 0. The summed E-state index contributed by atoms with van der Waals surface area (Å²) in [4.78, 5) is 5.01. The summed E-state index contributed by atoms with van der Waals surface area (Å²) in [5.41, 5.74) is 18.8. The van der Waals surface area contributed by atoms with Gasteiger partial charge in [0.2, 0.25) is 0 Å². The standard InChI is InChI=1S/C67H49N3/c1-66(2,3)45-35-37-48(38-36-45)68(49-39-41-60-54(42-49)52-27-14-17-31-59(52)69(60)46-21-6-4-7-22-46)63-43-58-65(53-28-13-12-26-51(53)63)64-50-25-11-10-20-44(50)34-40-57(64)67(58)55-29-15-18-32-61(55)70(47-23-8-5-9-24-47)62-33-19-16-30-56(62)67/h4-43H,1-3H3. The number of aromatic nitrogens is 1. The Labute approximate surface area is 408 Å². The maximum Gasteiger partial charge on any atom is 0.0755 e. The summed E-state index contributed by atoms with van der Waals surface area (Å²) in [6.45, 7) is 6.89. The van der Waals surface area contributed by atoms with Gasteiger partial charge in [-0.25, -0.2) is 0 Å². The summed E-state index contributed by atoms with van der Waals surface area (Å²) in [6.07, 6.45) is 0. The molecule has 1 aliphatic carbocycles. The van der Waals surface area contributed by atoms with E-state index < -0.39 is 5.41 Å². The zero-order valence-electron chi connectivity index (χ0n) is 39.4. The lowest BCUT2D eigenvalue weighted by molar-refractivity contribution is 0.590. The number of anilines is 6. The molecule has 12 aromatic rings. The van der Waals surface area contributed by atoms with E-state index in [-0.39, 0.29) is 5.41 Å². The van der Waals surface area contributed by atoms with Crippen molar-refractivity contribution in [1.82, 2.24) is 4.57 Å². The van der Waals surface area contributed by atoms with Crippen LogP contribution in [0.25, 0.3) is 60.2 Å². The third-order valence-electron chi connectivity index (χ3n) is 15.3. The van der Waals surface area contributed by atoms with Crippen molar-refractivity contribution < 1.29 is 0 Å². The van der Waals surface area contributed by atoms with Gasteiger partial charge >= 0.3 is 0 Å². The van der Waals surface area contributed by atoms with Crippen LogP contribution in [0.2, 0.25) is 0 Å². The first kappa shape index (κ1) is 40.4. The lowest BCUT2D eigenvalue weighted by atomic mass is 9.64. The first-order valence-corrected chi connectivity index (χ1v) is 24.5. The molecule has 332 valence electrons. The first-order chi connectivity index (χ1) is 34.4. The normalized spacial score (nSPS) is 13.4. The van der Waals surface area contributed by atoms with Crippen LogP contribution < -0.4 is 9.80 Å². The molecule has 0 fully saturated rings. The molecule has 3 nitrogen and oxygen atoms in total. The minimum atomic E-state index is -0.666. The fraction of sp³-hybridized carbons (Fsp3) is 0.0746. The van der Waals surface area contributed by atoms with Gasteiger partial charge in [-0.15, -0.1) is 0 Å². The summed E-state index contributed by atoms with van der Waals surface area (Å²) in [6, 6.07) is 90.7. The topological polar surface area (TPSA) is 11.4 Å². The SMILES string of the molecule is CC(C)(C)c1ccc(N(c2ccc3c(c2)c2ccccc2n3-c2ccccc2)c2cc3c(c4ccccc24)-c2c(ccc4ccccc24)C32c3ccccc3N(c3ccccc3)c3ccccc32)cc1. The Balaban J connectivity index is 1.12. The summed E-state index contributed by atoms with van der Waals surface area (Å²) in [5, 5.41) is 7.39. The molecule has 14 rings (SSSR count). The summed E-state index contributed by atoms with van der Waals surface area (Å²) >= 11 is 0. The van der Waals surface area contributed by atoms with Gasteiger partial charge in [0.25, 0.3) is 0 Å². The fourth-order valence-corrected chi connectivity index (χ4v) is 12.3. The van der Waals surface area contributed by atoms with Crippen LogP contribution in [0, 0.1) is 0 Å². The van der Waals surface area contributed by atoms with Crippen LogP contribution in [-0.4, -0.2) is 4.57 Å². The highest BCUT2D eigenvalue weighted by Gasteiger charge is 2.53. The molecule has 0 radical (unpaired) electrons. The molecule has 0 saturated heterocycles. The highest BCUT2D eigenvalue weighted by molar-refractivity contribution is 6.17. The Morgan fingerprint density at radius 1 is 0.371 bits per heavy atom. The molecule has 1 spiro atoms. The van der Waals surface area contributed by atoms with Gasteiger partial charge in [0, 0.05) is 38.9 Å². The number of hydrogen-bond donors (Lipinski definition) is 0. The van der Waals surface area contributed by atoms with Crippen molar-refractivity contribution >= 4 is 77.5 Å². The average molecular weight is 896 g/mol. The van der Waals surface area contributed by atoms with Crippen LogP contribution in [0.1, 0.15) is 48.6 Å². The zero-order chi connectivity index (χ0) is 46.7. The zero-order valence-corrected chi connectivity index (χ0v) is 39.4. The first-order valence-electron chi connectivity index (χ1n) is 24.5. The van der Waals surface area contributed by atoms with Crippen LogP contribution in [0.15, 0.2) is 243 Å². The van der Waals surface area contributed by atoms with E-state index in [0.717, 1.165) is 28.4 Å². The molecular weight excluding hydrogens is 847 g/mol. The minimum Gasteiger partial charge on any atom is -0.310 e. The molecule has 0 saturated carbocycles. The summed E-state index contributed by atoms with van der Waals surface area (Å²) < 4.78 is 2.41. The van der Waals surface area contributed by atoms with Crippen molar-refractivity contribution in [3.05, 3.63) is 270 Å². The number of rotatable bonds is 5. The Hall–Kier alpha value is -8.66. The van der Waals surface area contributed by atoms with Gasteiger partial charge in [-0.1, -0.05) is 185 Å². The molecule has 70 heavy (non-hydrogen) atoms. The largest absolute Gasteiger partial charge is 0.310 e. The van der Waals surface area contributed by atoms with E-state index in [1.54, 1.807) is 0 Å². The van der Waals surface area contributed by atoms with E-state index >= 15 is 0 Å². The van der Waals surface area contributed by atoms with E-state index in [1.165, 1.54) is 93.7 Å². The second kappa shape index (κ2) is 15.2. The number of hydrogen-bond acceptors (Lipinski definition) is 2. The Bertz CT molecular complexity index is 4000. The van der Waals surface area contributed by atoms with Gasteiger partial charge in [-0.3, -0.25) is 0 Å². The second-order valence-corrected chi connectivity index (χ2v) is 20.1. The monoisotopic (exact) mass is 895 g/mol. The van der Waals surface area contributed by atoms with Crippen molar-refractivity contribution in [1.29, 1.82) is 0 Å². The van der Waals surface area contributed by atoms with Crippen molar-refractivity contribution in [3.63, 3.8) is 0 Å². The van der Waals surface area contributed by atoms with Gasteiger partial charge in [0.1, 0.15) is 0 Å². The molecule has 0 bridgehead atoms. The van der Waals surface area contributed by atoms with Gasteiger partial charge in [-0.05, 0) is 139 Å². The molecule has 3 heteroatoms. The van der Waals surface area contributed by atoms with Crippen molar-refractivity contribution in [2.45, 2.75) is 31.6 Å². The Kier molecular flexibility index (Phi) is 8.76. The Morgan fingerprint density at radius 2 is 0.914 bits per heavy atom. The van der Waals surface area contributed by atoms with Crippen LogP contribution in [0.5, 0.6) is 0 Å². The predicted octanol–water partition coefficient (Wildman–Crippen LogP) is 18.0.